The summed E-state index contributed by atoms with van der Waals surface area (Å²) < 4.78 is 5.56. The Morgan fingerprint density at radius 2 is 2.13 bits per heavy atom. The van der Waals surface area contributed by atoms with E-state index in [0.717, 1.165) is 43.6 Å². The molecule has 1 aliphatic rings. The van der Waals surface area contributed by atoms with Crippen LogP contribution in [0.1, 0.15) is 59.4 Å². The lowest BCUT2D eigenvalue weighted by Crippen LogP contribution is -2.39. The Bertz CT molecular complexity index is 549. The van der Waals surface area contributed by atoms with E-state index >= 15 is 0 Å². The van der Waals surface area contributed by atoms with Gasteiger partial charge in [-0.25, -0.2) is 4.79 Å². The minimum absolute atomic E-state index is 0.253. The molecule has 23 heavy (non-hydrogen) atoms. The molecule has 4 heteroatoms. The number of anilines is 2. The Morgan fingerprint density at radius 3 is 2.78 bits per heavy atom. The summed E-state index contributed by atoms with van der Waals surface area (Å²) in [6.45, 7) is 10.8. The highest BCUT2D eigenvalue weighted by atomic mass is 16.6. The second-order valence-corrected chi connectivity index (χ2v) is 7.41. The zero-order valence-electron chi connectivity index (χ0n) is 15.1. The number of carbonyl (C=O) groups excluding carboxylic acids is 1. The highest BCUT2D eigenvalue weighted by Gasteiger charge is 2.27. The molecule has 0 spiro atoms. The maximum atomic E-state index is 12.5. The van der Waals surface area contributed by atoms with Crippen LogP contribution in [0.2, 0.25) is 0 Å². The lowest BCUT2D eigenvalue weighted by atomic mass is 10.0. The largest absolute Gasteiger partial charge is 0.443 e. The molecule has 1 heterocycles. The molecule has 1 amide bonds. The minimum atomic E-state index is -0.472. The number of hydrogen-bond donors (Lipinski definition) is 1. The fourth-order valence-corrected chi connectivity index (χ4v) is 2.96. The third kappa shape index (κ3) is 4.88. The van der Waals surface area contributed by atoms with Crippen molar-refractivity contribution in [1.29, 1.82) is 0 Å². The van der Waals surface area contributed by atoms with Gasteiger partial charge in [-0.3, -0.25) is 4.90 Å². The normalized spacial score (nSPS) is 15.8. The number of nitrogens with zero attached hydrogens (tertiary/aromatic N) is 1. The van der Waals surface area contributed by atoms with Crippen LogP contribution in [0.4, 0.5) is 16.2 Å². The number of benzene rings is 1. The lowest BCUT2D eigenvalue weighted by molar-refractivity contribution is 0.0578. The van der Waals surface area contributed by atoms with Crippen LogP contribution in [-0.2, 0) is 11.2 Å². The quantitative estimate of drug-likeness (QED) is 0.851. The van der Waals surface area contributed by atoms with E-state index in [4.69, 9.17) is 4.74 Å². The van der Waals surface area contributed by atoms with Crippen molar-refractivity contribution >= 4 is 17.5 Å². The fraction of sp³-hybridized carbons (Fsp3) is 0.632. The van der Waals surface area contributed by atoms with Crippen LogP contribution < -0.4 is 10.2 Å². The van der Waals surface area contributed by atoms with Gasteiger partial charge < -0.3 is 10.1 Å². The van der Waals surface area contributed by atoms with Crippen LogP contribution in [-0.4, -0.2) is 24.3 Å². The minimum Gasteiger partial charge on any atom is -0.443 e. The van der Waals surface area contributed by atoms with Crippen molar-refractivity contribution in [3.05, 3.63) is 23.8 Å². The molecule has 1 aromatic rings. The molecule has 0 radical (unpaired) electrons. The van der Waals surface area contributed by atoms with Crippen molar-refractivity contribution in [3.8, 4) is 0 Å². The van der Waals surface area contributed by atoms with E-state index in [1.54, 1.807) is 4.90 Å². The van der Waals surface area contributed by atoms with Crippen LogP contribution in [0.5, 0.6) is 0 Å². The number of ether oxygens (including phenoxy) is 1. The summed E-state index contributed by atoms with van der Waals surface area (Å²) in [5.41, 5.74) is 2.80. The van der Waals surface area contributed by atoms with E-state index < -0.39 is 5.60 Å². The van der Waals surface area contributed by atoms with Crippen molar-refractivity contribution in [2.75, 3.05) is 16.8 Å². The molecule has 0 saturated heterocycles. The van der Waals surface area contributed by atoms with Gasteiger partial charge in [0, 0.05) is 18.3 Å². The first-order chi connectivity index (χ1) is 10.8. The summed E-state index contributed by atoms with van der Waals surface area (Å²) in [6, 6.07) is 6.76. The van der Waals surface area contributed by atoms with Gasteiger partial charge in [-0.05, 0) is 64.7 Å². The number of amides is 1. The molecule has 1 unspecified atom stereocenters. The number of fused-ring (bicyclic) bond motifs is 1. The summed E-state index contributed by atoms with van der Waals surface area (Å²) in [5.74, 6) is 0. The predicted molar refractivity (Wildman–Crippen MR) is 96.3 cm³/mol. The summed E-state index contributed by atoms with van der Waals surface area (Å²) in [6.07, 6.45) is 4.03. The molecule has 0 bridgehead atoms. The molecular weight excluding hydrogens is 288 g/mol. The predicted octanol–water partition coefficient (Wildman–Crippen LogP) is 4.97. The van der Waals surface area contributed by atoms with E-state index in [1.165, 1.54) is 5.56 Å². The van der Waals surface area contributed by atoms with Gasteiger partial charge in [-0.15, -0.1) is 0 Å². The lowest BCUT2D eigenvalue weighted by Gasteiger charge is -2.32. The maximum Gasteiger partial charge on any atom is 0.414 e. The Kier molecular flexibility index (Phi) is 5.55. The number of carbonyl (C=O) groups is 1. The number of hydrogen-bond acceptors (Lipinski definition) is 3. The number of nitrogens with one attached hydrogen (secondary N) is 1. The van der Waals surface area contributed by atoms with Crippen molar-refractivity contribution in [2.45, 2.75) is 71.9 Å². The zero-order valence-corrected chi connectivity index (χ0v) is 15.1. The van der Waals surface area contributed by atoms with E-state index in [2.05, 4.69) is 37.4 Å². The summed E-state index contributed by atoms with van der Waals surface area (Å²) in [7, 11) is 0. The number of rotatable bonds is 4. The molecule has 4 nitrogen and oxygen atoms in total. The second-order valence-electron chi connectivity index (χ2n) is 7.41. The van der Waals surface area contributed by atoms with Gasteiger partial charge in [0.05, 0.1) is 5.69 Å². The molecule has 1 aromatic carbocycles. The van der Waals surface area contributed by atoms with Gasteiger partial charge in [0.25, 0.3) is 0 Å². The molecule has 1 aliphatic heterocycles. The average molecular weight is 318 g/mol. The maximum absolute atomic E-state index is 12.5. The summed E-state index contributed by atoms with van der Waals surface area (Å²) in [4.78, 5) is 14.3. The van der Waals surface area contributed by atoms with E-state index in [1.807, 2.05) is 20.8 Å². The Labute approximate surface area is 140 Å². The van der Waals surface area contributed by atoms with Crippen LogP contribution in [0.25, 0.3) is 0 Å². The van der Waals surface area contributed by atoms with E-state index in [9.17, 15) is 4.79 Å². The Morgan fingerprint density at radius 1 is 1.39 bits per heavy atom. The smallest absolute Gasteiger partial charge is 0.414 e. The molecule has 1 atom stereocenters. The third-order valence-electron chi connectivity index (χ3n) is 3.95. The summed E-state index contributed by atoms with van der Waals surface area (Å²) >= 11 is 0. The first kappa shape index (κ1) is 17.6. The third-order valence-corrected chi connectivity index (χ3v) is 3.95. The zero-order chi connectivity index (χ0) is 17.0. The first-order valence-electron chi connectivity index (χ1n) is 8.70. The Balaban J connectivity index is 2.20. The molecular formula is C19H30N2O2. The molecule has 0 aliphatic carbocycles. The molecule has 0 saturated carbocycles. The molecule has 128 valence electrons. The molecule has 0 aromatic heterocycles. The van der Waals surface area contributed by atoms with Crippen LogP contribution in [0.15, 0.2) is 18.2 Å². The standard InChI is InChI=1S/C19H30N2O2/c1-6-8-14(2)20-16-11-10-15-9-7-12-21(17(15)13-16)18(22)23-19(3,4)5/h10-11,13-14,20H,6-9,12H2,1-5H3. The summed E-state index contributed by atoms with van der Waals surface area (Å²) in [5, 5.41) is 3.52. The monoisotopic (exact) mass is 318 g/mol. The van der Waals surface area contributed by atoms with Crippen molar-refractivity contribution < 1.29 is 9.53 Å². The molecule has 0 fully saturated rings. The van der Waals surface area contributed by atoms with E-state index in [0.29, 0.717) is 6.04 Å². The van der Waals surface area contributed by atoms with Gasteiger partial charge in [-0.2, -0.15) is 0 Å². The van der Waals surface area contributed by atoms with Crippen molar-refractivity contribution in [2.24, 2.45) is 0 Å². The van der Waals surface area contributed by atoms with Crippen LogP contribution in [0, 0.1) is 0 Å². The van der Waals surface area contributed by atoms with Crippen molar-refractivity contribution in [1.82, 2.24) is 0 Å². The van der Waals surface area contributed by atoms with Gasteiger partial charge in [0.2, 0.25) is 0 Å². The van der Waals surface area contributed by atoms with E-state index in [-0.39, 0.29) is 6.09 Å². The highest BCUT2D eigenvalue weighted by Crippen LogP contribution is 2.31. The first-order valence-corrected chi connectivity index (χ1v) is 8.70. The van der Waals surface area contributed by atoms with Crippen molar-refractivity contribution in [3.63, 3.8) is 0 Å². The van der Waals surface area contributed by atoms with Crippen LogP contribution in [0.3, 0.4) is 0 Å². The number of aryl methyl sites for hydroxylation is 1. The van der Waals surface area contributed by atoms with Gasteiger partial charge in [0.15, 0.2) is 0 Å². The SMILES string of the molecule is CCCC(C)Nc1ccc2c(c1)N(C(=O)OC(C)(C)C)CCC2. The second kappa shape index (κ2) is 7.24. The molecule has 1 N–H and O–H groups in total. The van der Waals surface area contributed by atoms with Gasteiger partial charge in [0.1, 0.15) is 5.60 Å². The topological polar surface area (TPSA) is 41.6 Å². The average Bonchev–Trinajstić information content (AvgIpc) is 2.45. The van der Waals surface area contributed by atoms with Gasteiger partial charge >= 0.3 is 6.09 Å². The highest BCUT2D eigenvalue weighted by molar-refractivity contribution is 5.90. The molecule has 2 rings (SSSR count). The Hall–Kier alpha value is -1.71. The van der Waals surface area contributed by atoms with Gasteiger partial charge in [-0.1, -0.05) is 19.4 Å². The fourth-order valence-electron chi connectivity index (χ4n) is 2.96. The van der Waals surface area contributed by atoms with Crippen LogP contribution >= 0.6 is 0 Å².